The van der Waals surface area contributed by atoms with Crippen molar-refractivity contribution in [3.63, 3.8) is 0 Å². The molecule has 1 fully saturated rings. The summed E-state index contributed by atoms with van der Waals surface area (Å²) in [5, 5.41) is 3.27. The Labute approximate surface area is 127 Å². The molecule has 2 rings (SSSR count). The van der Waals surface area contributed by atoms with Gasteiger partial charge >= 0.3 is 0 Å². The molecule has 2 heterocycles. The van der Waals surface area contributed by atoms with Gasteiger partial charge in [-0.05, 0) is 26.9 Å². The lowest BCUT2D eigenvalue weighted by Gasteiger charge is -2.23. The smallest absolute Gasteiger partial charge is 0.158 e. The van der Waals surface area contributed by atoms with Crippen LogP contribution in [0.1, 0.15) is 19.7 Å². The Morgan fingerprint density at radius 1 is 1.38 bits per heavy atom. The van der Waals surface area contributed by atoms with E-state index in [9.17, 15) is 0 Å². The number of aromatic nitrogens is 2. The second kappa shape index (κ2) is 7.04. The maximum Gasteiger partial charge on any atom is 0.158 e. The van der Waals surface area contributed by atoms with Gasteiger partial charge in [0.2, 0.25) is 0 Å². The molecule has 1 saturated heterocycles. The minimum Gasteiger partial charge on any atom is -0.377 e. The number of anilines is 2. The van der Waals surface area contributed by atoms with Crippen molar-refractivity contribution in [1.82, 2.24) is 14.9 Å². The normalized spacial score (nSPS) is 22.1. The standard InChI is InChI=1S/C15H27N5O/c1-6-16-13-7-15(18-14(17-13)10-21-5)20-8-11(2)12(9-20)19(3)4/h7,11-12H,6,8-10H2,1-5H3,(H,16,17,18). The summed E-state index contributed by atoms with van der Waals surface area (Å²) in [6, 6.07) is 2.60. The number of nitrogens with zero attached hydrogens (tertiary/aromatic N) is 4. The fourth-order valence-corrected chi connectivity index (χ4v) is 2.92. The summed E-state index contributed by atoms with van der Waals surface area (Å²) < 4.78 is 5.18. The monoisotopic (exact) mass is 293 g/mol. The van der Waals surface area contributed by atoms with Crippen LogP contribution in [0.5, 0.6) is 0 Å². The van der Waals surface area contributed by atoms with E-state index in [1.54, 1.807) is 7.11 Å². The Morgan fingerprint density at radius 3 is 2.71 bits per heavy atom. The molecule has 1 aliphatic heterocycles. The van der Waals surface area contributed by atoms with Crippen molar-refractivity contribution in [1.29, 1.82) is 0 Å². The molecule has 0 aliphatic carbocycles. The number of methoxy groups -OCH3 is 1. The molecule has 1 N–H and O–H groups in total. The molecule has 0 aromatic carbocycles. The van der Waals surface area contributed by atoms with Gasteiger partial charge in [-0.25, -0.2) is 9.97 Å². The first-order valence-electron chi connectivity index (χ1n) is 7.57. The van der Waals surface area contributed by atoms with Crippen LogP contribution in [0.2, 0.25) is 0 Å². The quantitative estimate of drug-likeness (QED) is 0.856. The van der Waals surface area contributed by atoms with Gasteiger partial charge < -0.3 is 19.9 Å². The van der Waals surface area contributed by atoms with Crippen LogP contribution in [0.3, 0.4) is 0 Å². The molecule has 21 heavy (non-hydrogen) atoms. The second-order valence-corrected chi connectivity index (χ2v) is 5.90. The van der Waals surface area contributed by atoms with Crippen LogP contribution < -0.4 is 10.2 Å². The highest BCUT2D eigenvalue weighted by molar-refractivity contribution is 5.50. The Kier molecular flexibility index (Phi) is 5.36. The van der Waals surface area contributed by atoms with E-state index in [4.69, 9.17) is 4.74 Å². The van der Waals surface area contributed by atoms with Crippen molar-refractivity contribution in [2.75, 3.05) is 51.1 Å². The molecule has 0 spiro atoms. The summed E-state index contributed by atoms with van der Waals surface area (Å²) in [7, 11) is 5.96. The predicted octanol–water partition coefficient (Wildman–Crippen LogP) is 1.44. The number of hydrogen-bond acceptors (Lipinski definition) is 6. The fraction of sp³-hybridized carbons (Fsp3) is 0.733. The van der Waals surface area contributed by atoms with E-state index in [1.807, 2.05) is 6.07 Å². The minimum absolute atomic E-state index is 0.437. The topological polar surface area (TPSA) is 53.5 Å². The SMILES string of the molecule is CCNc1cc(N2CC(C)C(N(C)C)C2)nc(COC)n1. The Morgan fingerprint density at radius 2 is 2.14 bits per heavy atom. The van der Waals surface area contributed by atoms with Gasteiger partial charge in [-0.1, -0.05) is 6.92 Å². The number of likely N-dealkylation sites (N-methyl/N-ethyl adjacent to an activating group) is 1. The highest BCUT2D eigenvalue weighted by Crippen LogP contribution is 2.26. The van der Waals surface area contributed by atoms with Crippen molar-refractivity contribution >= 4 is 11.6 Å². The van der Waals surface area contributed by atoms with E-state index >= 15 is 0 Å². The van der Waals surface area contributed by atoms with Gasteiger partial charge in [0.25, 0.3) is 0 Å². The lowest BCUT2D eigenvalue weighted by Crippen LogP contribution is -2.34. The molecule has 2 unspecified atom stereocenters. The van der Waals surface area contributed by atoms with Crippen LogP contribution in [0, 0.1) is 5.92 Å². The first kappa shape index (κ1) is 16.0. The largest absolute Gasteiger partial charge is 0.377 e. The fourth-order valence-electron chi connectivity index (χ4n) is 2.92. The zero-order valence-corrected chi connectivity index (χ0v) is 13.8. The van der Waals surface area contributed by atoms with E-state index in [0.717, 1.165) is 37.1 Å². The van der Waals surface area contributed by atoms with Crippen LogP contribution in [-0.2, 0) is 11.3 Å². The molecule has 1 aromatic heterocycles. The number of ether oxygens (including phenoxy) is 1. The van der Waals surface area contributed by atoms with Crippen molar-refractivity contribution < 1.29 is 4.74 Å². The molecule has 2 atom stereocenters. The number of rotatable bonds is 6. The van der Waals surface area contributed by atoms with Crippen LogP contribution >= 0.6 is 0 Å². The van der Waals surface area contributed by atoms with Gasteiger partial charge in [0, 0.05) is 38.9 Å². The highest BCUT2D eigenvalue weighted by Gasteiger charge is 2.32. The summed E-state index contributed by atoms with van der Waals surface area (Å²) in [5.41, 5.74) is 0. The highest BCUT2D eigenvalue weighted by atomic mass is 16.5. The van der Waals surface area contributed by atoms with E-state index in [2.05, 4.69) is 53.0 Å². The maximum absolute atomic E-state index is 5.18. The molecule has 0 radical (unpaired) electrons. The summed E-state index contributed by atoms with van der Waals surface area (Å²) in [6.07, 6.45) is 0. The van der Waals surface area contributed by atoms with E-state index in [1.165, 1.54) is 0 Å². The van der Waals surface area contributed by atoms with Crippen LogP contribution in [-0.4, -0.2) is 61.7 Å². The molecule has 6 nitrogen and oxygen atoms in total. The predicted molar refractivity (Wildman–Crippen MR) is 85.8 cm³/mol. The number of nitrogens with one attached hydrogen (secondary N) is 1. The van der Waals surface area contributed by atoms with Gasteiger partial charge in [0.1, 0.15) is 18.2 Å². The molecule has 1 aromatic rings. The zero-order chi connectivity index (χ0) is 15.4. The molecule has 6 heteroatoms. The van der Waals surface area contributed by atoms with Crippen molar-refractivity contribution in [2.24, 2.45) is 5.92 Å². The van der Waals surface area contributed by atoms with Gasteiger partial charge in [0.05, 0.1) is 0 Å². The zero-order valence-electron chi connectivity index (χ0n) is 13.8. The first-order chi connectivity index (χ1) is 10.0. The Hall–Kier alpha value is -1.40. The van der Waals surface area contributed by atoms with Crippen molar-refractivity contribution in [3.05, 3.63) is 11.9 Å². The lowest BCUT2D eigenvalue weighted by molar-refractivity contribution is 0.178. The summed E-state index contributed by atoms with van der Waals surface area (Å²) >= 11 is 0. The van der Waals surface area contributed by atoms with Crippen LogP contribution in [0.4, 0.5) is 11.6 Å². The summed E-state index contributed by atoms with van der Waals surface area (Å²) in [6.45, 7) is 7.68. The van der Waals surface area contributed by atoms with E-state index < -0.39 is 0 Å². The molecular formula is C15H27N5O. The Bertz CT molecular complexity index is 441. The maximum atomic E-state index is 5.18. The molecule has 0 saturated carbocycles. The molecule has 0 bridgehead atoms. The van der Waals surface area contributed by atoms with Crippen molar-refractivity contribution in [3.8, 4) is 0 Å². The van der Waals surface area contributed by atoms with Gasteiger partial charge in [0.15, 0.2) is 5.82 Å². The van der Waals surface area contributed by atoms with Crippen LogP contribution in [0.15, 0.2) is 6.07 Å². The molecular weight excluding hydrogens is 266 g/mol. The first-order valence-corrected chi connectivity index (χ1v) is 7.57. The third kappa shape index (κ3) is 3.83. The molecule has 0 amide bonds. The second-order valence-electron chi connectivity index (χ2n) is 5.90. The van der Waals surface area contributed by atoms with Crippen molar-refractivity contribution in [2.45, 2.75) is 26.5 Å². The van der Waals surface area contributed by atoms with Crippen LogP contribution in [0.25, 0.3) is 0 Å². The van der Waals surface area contributed by atoms with E-state index in [-0.39, 0.29) is 0 Å². The number of hydrogen-bond donors (Lipinski definition) is 1. The molecule has 1 aliphatic rings. The average Bonchev–Trinajstić information content (AvgIpc) is 2.81. The third-order valence-electron chi connectivity index (χ3n) is 3.95. The Balaban J connectivity index is 2.22. The third-order valence-corrected chi connectivity index (χ3v) is 3.95. The lowest BCUT2D eigenvalue weighted by atomic mass is 10.1. The summed E-state index contributed by atoms with van der Waals surface area (Å²) in [5.74, 6) is 3.22. The average molecular weight is 293 g/mol. The van der Waals surface area contributed by atoms with E-state index in [0.29, 0.717) is 18.6 Å². The molecule has 118 valence electrons. The van der Waals surface area contributed by atoms with Gasteiger partial charge in [-0.3, -0.25) is 0 Å². The summed E-state index contributed by atoms with van der Waals surface area (Å²) in [4.78, 5) is 13.8. The minimum atomic E-state index is 0.437. The van der Waals surface area contributed by atoms with Gasteiger partial charge in [-0.2, -0.15) is 0 Å². The van der Waals surface area contributed by atoms with Gasteiger partial charge in [-0.15, -0.1) is 0 Å².